The van der Waals surface area contributed by atoms with Crippen LogP contribution in [0.15, 0.2) is 43.0 Å². The molecule has 3 aromatic heterocycles. The van der Waals surface area contributed by atoms with Crippen LogP contribution in [-0.4, -0.2) is 50.4 Å². The van der Waals surface area contributed by atoms with E-state index in [9.17, 15) is 0 Å². The Bertz CT molecular complexity index is 1330. The summed E-state index contributed by atoms with van der Waals surface area (Å²) in [5, 5.41) is 5.49. The molecular weight excluding hydrogens is 474 g/mol. The van der Waals surface area contributed by atoms with Crippen molar-refractivity contribution in [2.75, 3.05) is 19.8 Å². The van der Waals surface area contributed by atoms with Crippen molar-refractivity contribution in [2.45, 2.75) is 58.4 Å². The molecule has 1 unspecified atom stereocenters. The number of aromatic nitrogens is 5. The Balaban J connectivity index is 1.20. The molecule has 0 amide bonds. The van der Waals surface area contributed by atoms with Gasteiger partial charge in [-0.2, -0.15) is 5.10 Å². The van der Waals surface area contributed by atoms with Crippen LogP contribution in [0.5, 0.6) is 5.75 Å². The first-order valence-corrected chi connectivity index (χ1v) is 13.5. The maximum Gasteiger partial charge on any atom is 0.169 e. The summed E-state index contributed by atoms with van der Waals surface area (Å²) in [6, 6.07) is 6.68. The number of imidazole rings is 1. The Labute approximate surface area is 214 Å². The van der Waals surface area contributed by atoms with Crippen molar-refractivity contribution in [3.05, 3.63) is 47.9 Å². The van der Waals surface area contributed by atoms with Crippen molar-refractivity contribution >= 4 is 11.3 Å². The van der Waals surface area contributed by atoms with Crippen molar-refractivity contribution in [3.63, 3.8) is 0 Å². The first-order valence-electron chi connectivity index (χ1n) is 12.7. The van der Waals surface area contributed by atoms with Gasteiger partial charge >= 0.3 is 0 Å². The summed E-state index contributed by atoms with van der Waals surface area (Å²) in [6.45, 7) is 7.03. The van der Waals surface area contributed by atoms with E-state index in [-0.39, 0.29) is 6.29 Å². The molecule has 1 aromatic carbocycles. The first-order chi connectivity index (χ1) is 17.7. The summed E-state index contributed by atoms with van der Waals surface area (Å²) >= 11 is 1.71. The average molecular weight is 506 g/mol. The van der Waals surface area contributed by atoms with Gasteiger partial charge in [0.25, 0.3) is 0 Å². The van der Waals surface area contributed by atoms with E-state index >= 15 is 0 Å². The SMILES string of the molecule is CC(C)n1ccnc1-c1nc2c(s1)CCOc1cc(-c3cnn(CCOC4CCCCO4)c3)ccc1-2. The molecule has 0 spiro atoms. The van der Waals surface area contributed by atoms with Crippen LogP contribution in [-0.2, 0) is 22.4 Å². The number of nitrogens with zero attached hydrogens (tertiary/aromatic N) is 5. The van der Waals surface area contributed by atoms with Gasteiger partial charge in [-0.1, -0.05) is 6.07 Å². The summed E-state index contributed by atoms with van der Waals surface area (Å²) in [6.07, 6.45) is 11.9. The third-order valence-corrected chi connectivity index (χ3v) is 7.78. The fraction of sp³-hybridized carbons (Fsp3) is 0.444. The Morgan fingerprint density at radius 3 is 3.00 bits per heavy atom. The van der Waals surface area contributed by atoms with Crippen molar-refractivity contribution in [3.8, 4) is 39.0 Å². The lowest BCUT2D eigenvalue weighted by Gasteiger charge is -2.22. The van der Waals surface area contributed by atoms with Gasteiger partial charge in [0.2, 0.25) is 0 Å². The van der Waals surface area contributed by atoms with Crippen molar-refractivity contribution in [2.24, 2.45) is 0 Å². The van der Waals surface area contributed by atoms with Gasteiger partial charge < -0.3 is 18.8 Å². The molecule has 0 radical (unpaired) electrons. The molecule has 1 fully saturated rings. The van der Waals surface area contributed by atoms with Gasteiger partial charge in [-0.3, -0.25) is 4.68 Å². The van der Waals surface area contributed by atoms with E-state index in [4.69, 9.17) is 19.2 Å². The van der Waals surface area contributed by atoms with Crippen LogP contribution >= 0.6 is 11.3 Å². The van der Waals surface area contributed by atoms with Gasteiger partial charge in [-0.15, -0.1) is 11.3 Å². The van der Waals surface area contributed by atoms with E-state index in [2.05, 4.69) is 52.9 Å². The summed E-state index contributed by atoms with van der Waals surface area (Å²) in [5.41, 5.74) is 4.17. The fourth-order valence-corrected chi connectivity index (χ4v) is 5.81. The summed E-state index contributed by atoms with van der Waals surface area (Å²) in [7, 11) is 0. The molecular formula is C27H31N5O3S. The molecule has 5 heterocycles. The molecule has 0 saturated carbocycles. The number of hydrogen-bond donors (Lipinski definition) is 0. The smallest absolute Gasteiger partial charge is 0.169 e. The van der Waals surface area contributed by atoms with E-state index in [0.29, 0.717) is 25.8 Å². The van der Waals surface area contributed by atoms with E-state index in [1.807, 2.05) is 23.3 Å². The van der Waals surface area contributed by atoms with Crippen LogP contribution in [0.4, 0.5) is 0 Å². The highest BCUT2D eigenvalue weighted by molar-refractivity contribution is 7.15. The number of thiazole rings is 1. The van der Waals surface area contributed by atoms with Gasteiger partial charge in [-0.05, 0) is 50.8 Å². The van der Waals surface area contributed by atoms with Crippen molar-refractivity contribution in [1.29, 1.82) is 0 Å². The van der Waals surface area contributed by atoms with Crippen LogP contribution in [0, 0.1) is 0 Å². The predicted octanol–water partition coefficient (Wildman–Crippen LogP) is 5.60. The number of hydrogen-bond acceptors (Lipinski definition) is 7. The van der Waals surface area contributed by atoms with Crippen LogP contribution < -0.4 is 4.74 Å². The maximum absolute atomic E-state index is 6.17. The van der Waals surface area contributed by atoms with Crippen LogP contribution in [0.3, 0.4) is 0 Å². The quantitative estimate of drug-likeness (QED) is 0.326. The Kier molecular flexibility index (Phi) is 6.60. The largest absolute Gasteiger partial charge is 0.492 e. The minimum absolute atomic E-state index is 0.0721. The standard InChI is InChI=1S/C27H31N5O3S/c1-18(2)32-10-9-28-26(32)27-30-25-21-7-6-19(15-22(21)33-13-8-23(25)36-27)20-16-29-31(17-20)11-14-35-24-5-3-4-12-34-24/h6-7,9-10,15-18,24H,3-5,8,11-14H2,1-2H3. The molecule has 1 atom stereocenters. The summed E-state index contributed by atoms with van der Waals surface area (Å²) in [4.78, 5) is 10.9. The normalized spacial score (nSPS) is 17.5. The topological polar surface area (TPSA) is 76.2 Å². The van der Waals surface area contributed by atoms with Crippen molar-refractivity contribution in [1.82, 2.24) is 24.3 Å². The molecule has 0 N–H and O–H groups in total. The second-order valence-corrected chi connectivity index (χ2v) is 10.6. The van der Waals surface area contributed by atoms with Gasteiger partial charge in [0, 0.05) is 53.7 Å². The third kappa shape index (κ3) is 4.70. The second kappa shape index (κ2) is 10.2. The number of benzene rings is 1. The van der Waals surface area contributed by atoms with Crippen LogP contribution in [0.25, 0.3) is 33.2 Å². The molecule has 0 aliphatic carbocycles. The third-order valence-electron chi connectivity index (χ3n) is 6.67. The van der Waals surface area contributed by atoms with E-state index < -0.39 is 0 Å². The molecule has 188 valence electrons. The Hall–Kier alpha value is -3.01. The molecule has 36 heavy (non-hydrogen) atoms. The van der Waals surface area contributed by atoms with Gasteiger partial charge in [-0.25, -0.2) is 9.97 Å². The highest BCUT2D eigenvalue weighted by Gasteiger charge is 2.23. The zero-order chi connectivity index (χ0) is 24.5. The fourth-order valence-electron chi connectivity index (χ4n) is 4.75. The number of rotatable bonds is 7. The molecule has 2 aliphatic rings. The first kappa shape index (κ1) is 23.4. The van der Waals surface area contributed by atoms with Gasteiger partial charge in [0.15, 0.2) is 17.1 Å². The van der Waals surface area contributed by atoms with E-state index in [1.165, 1.54) is 11.3 Å². The lowest BCUT2D eigenvalue weighted by Crippen LogP contribution is -2.24. The molecule has 6 rings (SSSR count). The molecule has 8 nitrogen and oxygen atoms in total. The maximum atomic E-state index is 6.17. The highest BCUT2D eigenvalue weighted by atomic mass is 32.1. The number of fused-ring (bicyclic) bond motifs is 3. The van der Waals surface area contributed by atoms with Crippen LogP contribution in [0.2, 0.25) is 0 Å². The molecule has 1 saturated heterocycles. The zero-order valence-corrected chi connectivity index (χ0v) is 21.5. The Morgan fingerprint density at radius 2 is 2.14 bits per heavy atom. The summed E-state index contributed by atoms with van der Waals surface area (Å²) in [5.74, 6) is 1.79. The minimum atomic E-state index is -0.0721. The van der Waals surface area contributed by atoms with E-state index in [0.717, 1.165) is 64.8 Å². The van der Waals surface area contributed by atoms with Crippen molar-refractivity contribution < 1.29 is 14.2 Å². The highest BCUT2D eigenvalue weighted by Crippen LogP contribution is 2.41. The minimum Gasteiger partial charge on any atom is -0.492 e. The summed E-state index contributed by atoms with van der Waals surface area (Å²) < 4.78 is 21.8. The lowest BCUT2D eigenvalue weighted by atomic mass is 10.0. The monoisotopic (exact) mass is 505 g/mol. The average Bonchev–Trinajstić information content (AvgIpc) is 3.63. The van der Waals surface area contributed by atoms with Gasteiger partial charge in [0.05, 0.1) is 31.6 Å². The molecule has 4 aromatic rings. The molecule has 2 aliphatic heterocycles. The van der Waals surface area contributed by atoms with E-state index in [1.54, 1.807) is 11.3 Å². The predicted molar refractivity (Wildman–Crippen MR) is 139 cm³/mol. The van der Waals surface area contributed by atoms with Crippen LogP contribution in [0.1, 0.15) is 44.0 Å². The second-order valence-electron chi connectivity index (χ2n) is 9.51. The van der Waals surface area contributed by atoms with Gasteiger partial charge in [0.1, 0.15) is 5.75 Å². The number of ether oxygens (including phenoxy) is 3. The zero-order valence-electron chi connectivity index (χ0n) is 20.7. The molecule has 9 heteroatoms. The molecule has 0 bridgehead atoms. The lowest BCUT2D eigenvalue weighted by molar-refractivity contribution is -0.163. The Morgan fingerprint density at radius 1 is 1.19 bits per heavy atom.